The second kappa shape index (κ2) is 8.31. The van der Waals surface area contributed by atoms with E-state index in [9.17, 15) is 14.9 Å². The summed E-state index contributed by atoms with van der Waals surface area (Å²) in [5.74, 6) is -0.847. The summed E-state index contributed by atoms with van der Waals surface area (Å²) in [5.41, 5.74) is 1.72. The molecule has 0 fully saturated rings. The van der Waals surface area contributed by atoms with Gasteiger partial charge < -0.3 is 10.1 Å². The number of esters is 1. The molecule has 138 valence electrons. The van der Waals surface area contributed by atoms with Gasteiger partial charge in [0.2, 0.25) is 0 Å². The number of benzene rings is 3. The van der Waals surface area contributed by atoms with Crippen LogP contribution in [0, 0.1) is 10.1 Å². The molecule has 0 saturated carbocycles. The molecule has 0 bridgehead atoms. The van der Waals surface area contributed by atoms with Crippen LogP contribution in [0.5, 0.6) is 0 Å². The lowest BCUT2D eigenvalue weighted by Gasteiger charge is -2.23. The van der Waals surface area contributed by atoms with Gasteiger partial charge in [-0.3, -0.25) is 10.1 Å². The number of methoxy groups -OCH3 is 1. The molecular formula is C21H20N2O4. The summed E-state index contributed by atoms with van der Waals surface area (Å²) in [7, 11) is 1.16. The largest absolute Gasteiger partial charge is 0.464 e. The number of ether oxygens (including phenoxy) is 1. The summed E-state index contributed by atoms with van der Waals surface area (Å²) in [5, 5.41) is 16.8. The molecule has 3 aromatic carbocycles. The topological polar surface area (TPSA) is 81.5 Å². The average Bonchev–Trinajstić information content (AvgIpc) is 2.70. The Morgan fingerprint density at radius 2 is 1.70 bits per heavy atom. The third kappa shape index (κ3) is 4.23. The number of nitrogens with zero attached hydrogens (tertiary/aromatic N) is 1. The number of rotatable bonds is 7. The first-order chi connectivity index (χ1) is 13.1. The molecular weight excluding hydrogens is 344 g/mol. The van der Waals surface area contributed by atoms with Crippen LogP contribution in [-0.4, -0.2) is 24.0 Å². The van der Waals surface area contributed by atoms with Gasteiger partial charge in [0.1, 0.15) is 0 Å². The SMILES string of the molecule is COC(=O)C(C[C@@H](Nc1ccccc1)c1cccc2ccccc12)[N+](=O)[O-]. The number of anilines is 1. The molecule has 0 aliphatic rings. The molecule has 0 heterocycles. The summed E-state index contributed by atoms with van der Waals surface area (Å²) in [6.45, 7) is 0. The lowest BCUT2D eigenvalue weighted by Crippen LogP contribution is -2.34. The quantitative estimate of drug-likeness (QED) is 0.386. The van der Waals surface area contributed by atoms with E-state index in [4.69, 9.17) is 0 Å². The average molecular weight is 364 g/mol. The molecule has 1 N–H and O–H groups in total. The zero-order chi connectivity index (χ0) is 19.2. The van der Waals surface area contributed by atoms with E-state index in [-0.39, 0.29) is 6.42 Å². The molecule has 0 spiro atoms. The fourth-order valence-corrected chi connectivity index (χ4v) is 3.18. The third-order valence-electron chi connectivity index (χ3n) is 4.50. The number of hydrogen-bond donors (Lipinski definition) is 1. The van der Waals surface area contributed by atoms with Crippen molar-refractivity contribution in [1.29, 1.82) is 0 Å². The minimum atomic E-state index is -1.45. The standard InChI is InChI=1S/C21H20N2O4/c1-27-21(24)20(23(25)26)14-19(22-16-10-3-2-4-11-16)18-13-7-9-15-8-5-6-12-17(15)18/h2-13,19-20,22H,14H2,1H3/t19-,20?/m1/s1. The Balaban J connectivity index is 2.03. The van der Waals surface area contributed by atoms with E-state index in [1.54, 1.807) is 0 Å². The van der Waals surface area contributed by atoms with E-state index in [2.05, 4.69) is 10.1 Å². The first-order valence-corrected chi connectivity index (χ1v) is 8.60. The van der Waals surface area contributed by atoms with Crippen molar-refractivity contribution in [3.8, 4) is 0 Å². The lowest BCUT2D eigenvalue weighted by atomic mass is 9.94. The predicted octanol–water partition coefficient (Wildman–Crippen LogP) is 4.20. The lowest BCUT2D eigenvalue weighted by molar-refractivity contribution is -0.511. The van der Waals surface area contributed by atoms with Gasteiger partial charge in [0.15, 0.2) is 0 Å². The Labute approximate surface area is 156 Å². The van der Waals surface area contributed by atoms with E-state index in [0.717, 1.165) is 29.1 Å². The molecule has 0 aliphatic carbocycles. The van der Waals surface area contributed by atoms with E-state index in [1.165, 1.54) is 0 Å². The van der Waals surface area contributed by atoms with Gasteiger partial charge in [-0.05, 0) is 28.5 Å². The van der Waals surface area contributed by atoms with Crippen molar-refractivity contribution in [2.75, 3.05) is 12.4 Å². The highest BCUT2D eigenvalue weighted by Crippen LogP contribution is 2.31. The van der Waals surface area contributed by atoms with Gasteiger partial charge in [-0.25, -0.2) is 4.79 Å². The minimum Gasteiger partial charge on any atom is -0.464 e. The molecule has 3 aromatic rings. The predicted molar refractivity (Wildman–Crippen MR) is 104 cm³/mol. The van der Waals surface area contributed by atoms with Gasteiger partial charge in [0.05, 0.1) is 19.6 Å². The number of nitro groups is 1. The molecule has 3 rings (SSSR count). The van der Waals surface area contributed by atoms with Crippen LogP contribution in [0.25, 0.3) is 10.8 Å². The molecule has 0 aromatic heterocycles. The molecule has 1 unspecified atom stereocenters. The molecule has 0 amide bonds. The smallest absolute Gasteiger partial charge is 0.381 e. The van der Waals surface area contributed by atoms with Gasteiger partial charge in [0.25, 0.3) is 0 Å². The Hall–Kier alpha value is -3.41. The first kappa shape index (κ1) is 18.4. The third-order valence-corrected chi connectivity index (χ3v) is 4.50. The van der Waals surface area contributed by atoms with Crippen LogP contribution in [0.4, 0.5) is 5.69 Å². The maximum absolute atomic E-state index is 11.9. The van der Waals surface area contributed by atoms with Crippen molar-refractivity contribution >= 4 is 22.4 Å². The van der Waals surface area contributed by atoms with Crippen LogP contribution >= 0.6 is 0 Å². The van der Waals surface area contributed by atoms with Gasteiger partial charge in [-0.2, -0.15) is 0 Å². The normalized spacial score (nSPS) is 12.9. The fraction of sp³-hybridized carbons (Fsp3) is 0.190. The van der Waals surface area contributed by atoms with Crippen LogP contribution < -0.4 is 5.32 Å². The van der Waals surface area contributed by atoms with Crippen molar-refractivity contribution < 1.29 is 14.5 Å². The van der Waals surface area contributed by atoms with Gasteiger partial charge in [0, 0.05) is 10.6 Å². The van der Waals surface area contributed by atoms with Gasteiger partial charge in [-0.15, -0.1) is 0 Å². The minimum absolute atomic E-state index is 0.0252. The highest BCUT2D eigenvalue weighted by molar-refractivity contribution is 5.86. The van der Waals surface area contributed by atoms with Crippen molar-refractivity contribution in [1.82, 2.24) is 0 Å². The first-order valence-electron chi connectivity index (χ1n) is 8.60. The fourth-order valence-electron chi connectivity index (χ4n) is 3.18. The Kier molecular flexibility index (Phi) is 5.66. The zero-order valence-electron chi connectivity index (χ0n) is 14.9. The maximum atomic E-state index is 11.9. The molecule has 0 radical (unpaired) electrons. The van der Waals surface area contributed by atoms with Crippen molar-refractivity contribution in [2.24, 2.45) is 0 Å². The summed E-state index contributed by atoms with van der Waals surface area (Å²) in [6, 6.07) is 21.2. The van der Waals surface area contributed by atoms with E-state index in [1.807, 2.05) is 72.8 Å². The van der Waals surface area contributed by atoms with E-state index >= 15 is 0 Å². The summed E-state index contributed by atoms with van der Waals surface area (Å²) >= 11 is 0. The summed E-state index contributed by atoms with van der Waals surface area (Å²) in [4.78, 5) is 22.8. The number of carbonyl (C=O) groups is 1. The molecule has 0 saturated heterocycles. The maximum Gasteiger partial charge on any atom is 0.381 e. The number of carbonyl (C=O) groups excluding carboxylic acids is 1. The van der Waals surface area contributed by atoms with Crippen molar-refractivity contribution in [3.63, 3.8) is 0 Å². The highest BCUT2D eigenvalue weighted by Gasteiger charge is 2.35. The van der Waals surface area contributed by atoms with Crippen molar-refractivity contribution in [3.05, 3.63) is 88.5 Å². The molecule has 2 atom stereocenters. The second-order valence-corrected chi connectivity index (χ2v) is 6.19. The van der Waals surface area contributed by atoms with Crippen LogP contribution in [0.2, 0.25) is 0 Å². The van der Waals surface area contributed by atoms with Crippen molar-refractivity contribution in [2.45, 2.75) is 18.5 Å². The van der Waals surface area contributed by atoms with E-state index < -0.39 is 23.0 Å². The number of para-hydroxylation sites is 1. The molecule has 0 aliphatic heterocycles. The number of hydrogen-bond acceptors (Lipinski definition) is 5. The number of fused-ring (bicyclic) bond motifs is 1. The second-order valence-electron chi connectivity index (χ2n) is 6.19. The van der Waals surface area contributed by atoms with Crippen LogP contribution in [0.15, 0.2) is 72.8 Å². The van der Waals surface area contributed by atoms with Crippen LogP contribution in [0.3, 0.4) is 0 Å². The molecule has 6 nitrogen and oxygen atoms in total. The summed E-state index contributed by atoms with van der Waals surface area (Å²) in [6.07, 6.45) is -0.0252. The number of nitrogens with one attached hydrogen (secondary N) is 1. The van der Waals surface area contributed by atoms with Crippen LogP contribution in [0.1, 0.15) is 18.0 Å². The zero-order valence-corrected chi connectivity index (χ0v) is 14.9. The Morgan fingerprint density at radius 1 is 1.04 bits per heavy atom. The monoisotopic (exact) mass is 364 g/mol. The Morgan fingerprint density at radius 3 is 2.41 bits per heavy atom. The van der Waals surface area contributed by atoms with Crippen LogP contribution in [-0.2, 0) is 9.53 Å². The Bertz CT molecular complexity index is 938. The highest BCUT2D eigenvalue weighted by atomic mass is 16.6. The van der Waals surface area contributed by atoms with E-state index in [0.29, 0.717) is 0 Å². The van der Waals surface area contributed by atoms with Gasteiger partial charge in [-0.1, -0.05) is 60.7 Å². The molecule has 6 heteroatoms. The molecule has 27 heavy (non-hydrogen) atoms. The summed E-state index contributed by atoms with van der Waals surface area (Å²) < 4.78 is 4.64. The van der Waals surface area contributed by atoms with Gasteiger partial charge >= 0.3 is 12.0 Å².